The maximum Gasteiger partial charge on any atom is 0.315 e. The lowest BCUT2D eigenvalue weighted by Gasteiger charge is -2.18. The summed E-state index contributed by atoms with van der Waals surface area (Å²) < 4.78 is 13.2. The third-order valence-corrected chi connectivity index (χ3v) is 3.57. The zero-order valence-corrected chi connectivity index (χ0v) is 12.2. The number of anilines is 1. The van der Waals surface area contributed by atoms with E-state index in [1.54, 1.807) is 12.1 Å². The highest BCUT2D eigenvalue weighted by molar-refractivity contribution is 5.96. The van der Waals surface area contributed by atoms with Gasteiger partial charge in [0.2, 0.25) is 5.91 Å². The number of hydrogen-bond donors (Lipinski definition) is 2. The minimum Gasteiger partial charge on any atom is -0.336 e. The predicted octanol–water partition coefficient (Wildman–Crippen LogP) is 2.03. The summed E-state index contributed by atoms with van der Waals surface area (Å²) in [5.74, 6) is -0.499. The molecule has 1 saturated heterocycles. The van der Waals surface area contributed by atoms with E-state index in [0.29, 0.717) is 12.2 Å². The molecule has 0 aliphatic carbocycles. The highest BCUT2D eigenvalue weighted by atomic mass is 19.1. The number of urea groups is 1. The van der Waals surface area contributed by atoms with E-state index in [2.05, 4.69) is 10.6 Å². The van der Waals surface area contributed by atoms with E-state index in [1.165, 1.54) is 17.0 Å². The van der Waals surface area contributed by atoms with E-state index < -0.39 is 0 Å². The monoisotopic (exact) mass is 293 g/mol. The molecule has 0 radical (unpaired) electrons. The number of hydrogen-bond acceptors (Lipinski definition) is 2. The van der Waals surface area contributed by atoms with Gasteiger partial charge < -0.3 is 15.5 Å². The molecular formula is C15H20FN3O2. The maximum absolute atomic E-state index is 13.2. The first-order chi connectivity index (χ1) is 9.99. The zero-order valence-electron chi connectivity index (χ0n) is 12.2. The molecule has 1 aromatic carbocycles. The quantitative estimate of drug-likeness (QED) is 0.892. The Morgan fingerprint density at radius 2 is 2.29 bits per heavy atom. The van der Waals surface area contributed by atoms with Crippen LogP contribution in [0.4, 0.5) is 14.9 Å². The van der Waals surface area contributed by atoms with Gasteiger partial charge in [-0.3, -0.25) is 4.79 Å². The van der Waals surface area contributed by atoms with Crippen LogP contribution in [0.3, 0.4) is 0 Å². The van der Waals surface area contributed by atoms with Crippen molar-refractivity contribution in [1.82, 2.24) is 10.6 Å². The van der Waals surface area contributed by atoms with Gasteiger partial charge in [-0.05, 0) is 31.5 Å². The van der Waals surface area contributed by atoms with Crippen molar-refractivity contribution in [2.75, 3.05) is 11.4 Å². The van der Waals surface area contributed by atoms with Crippen LogP contribution in [0.25, 0.3) is 0 Å². The highest BCUT2D eigenvalue weighted by Gasteiger charge is 2.31. The molecule has 5 nitrogen and oxygen atoms in total. The molecule has 0 unspecified atom stereocenters. The molecule has 6 heteroatoms. The first-order valence-electron chi connectivity index (χ1n) is 7.12. The van der Waals surface area contributed by atoms with Gasteiger partial charge in [0.15, 0.2) is 0 Å². The lowest BCUT2D eigenvalue weighted by molar-refractivity contribution is -0.117. The number of nitrogens with zero attached hydrogens (tertiary/aromatic N) is 1. The lowest BCUT2D eigenvalue weighted by Crippen LogP contribution is -2.46. The minimum absolute atomic E-state index is 0.0847. The standard InChI is InChI=1S/C15H20FN3O2/c1-3-10(2)17-15(21)18-12-8-14(20)19(9-12)13-6-4-5-11(16)7-13/h4-7,10,12H,3,8-9H2,1-2H3,(H2,17,18,21)/t10-,12+/m0/s1. The summed E-state index contributed by atoms with van der Waals surface area (Å²) in [6.07, 6.45) is 1.07. The molecule has 1 aromatic rings. The maximum atomic E-state index is 13.2. The van der Waals surface area contributed by atoms with Crippen LogP contribution in [0.1, 0.15) is 26.7 Å². The number of rotatable bonds is 4. The Labute approximate surface area is 123 Å². The van der Waals surface area contributed by atoms with Gasteiger partial charge >= 0.3 is 6.03 Å². The van der Waals surface area contributed by atoms with Crippen molar-refractivity contribution < 1.29 is 14.0 Å². The van der Waals surface area contributed by atoms with E-state index >= 15 is 0 Å². The second kappa shape index (κ2) is 6.56. The van der Waals surface area contributed by atoms with Crippen molar-refractivity contribution >= 4 is 17.6 Å². The molecule has 3 amide bonds. The van der Waals surface area contributed by atoms with Crippen LogP contribution in [0, 0.1) is 5.82 Å². The summed E-state index contributed by atoms with van der Waals surface area (Å²) in [5, 5.41) is 5.58. The fourth-order valence-electron chi connectivity index (χ4n) is 2.25. The van der Waals surface area contributed by atoms with Crippen LogP contribution in [-0.4, -0.2) is 30.6 Å². The van der Waals surface area contributed by atoms with E-state index in [1.807, 2.05) is 13.8 Å². The summed E-state index contributed by atoms with van der Waals surface area (Å²) in [6, 6.07) is 5.45. The Hall–Kier alpha value is -2.11. The SMILES string of the molecule is CC[C@H](C)NC(=O)N[C@@H]1CC(=O)N(c2cccc(F)c2)C1. The Kier molecular flexibility index (Phi) is 4.77. The molecule has 0 aromatic heterocycles. The number of carbonyl (C=O) groups excluding carboxylic acids is 2. The normalized spacial score (nSPS) is 19.5. The summed E-state index contributed by atoms with van der Waals surface area (Å²) in [5.41, 5.74) is 0.520. The summed E-state index contributed by atoms with van der Waals surface area (Å²) >= 11 is 0. The van der Waals surface area contributed by atoms with Gasteiger partial charge in [-0.25, -0.2) is 9.18 Å². The topological polar surface area (TPSA) is 61.4 Å². The van der Waals surface area contributed by atoms with Crippen molar-refractivity contribution in [2.24, 2.45) is 0 Å². The highest BCUT2D eigenvalue weighted by Crippen LogP contribution is 2.22. The largest absolute Gasteiger partial charge is 0.336 e. The number of nitrogens with one attached hydrogen (secondary N) is 2. The molecule has 0 saturated carbocycles. The van der Waals surface area contributed by atoms with Gasteiger partial charge in [-0.15, -0.1) is 0 Å². The Morgan fingerprint density at radius 1 is 1.52 bits per heavy atom. The Balaban J connectivity index is 1.95. The van der Waals surface area contributed by atoms with E-state index in [0.717, 1.165) is 6.42 Å². The van der Waals surface area contributed by atoms with Crippen molar-refractivity contribution in [3.63, 3.8) is 0 Å². The van der Waals surface area contributed by atoms with Gasteiger partial charge in [0.1, 0.15) is 5.82 Å². The minimum atomic E-state index is -0.383. The van der Waals surface area contributed by atoms with Crippen molar-refractivity contribution in [1.29, 1.82) is 0 Å². The fourth-order valence-corrected chi connectivity index (χ4v) is 2.25. The molecule has 0 spiro atoms. The first-order valence-corrected chi connectivity index (χ1v) is 7.12. The number of halogens is 1. The molecular weight excluding hydrogens is 273 g/mol. The molecule has 2 atom stereocenters. The van der Waals surface area contributed by atoms with Crippen LogP contribution >= 0.6 is 0 Å². The second-order valence-electron chi connectivity index (χ2n) is 5.31. The molecule has 1 fully saturated rings. The van der Waals surface area contributed by atoms with E-state index in [9.17, 15) is 14.0 Å². The van der Waals surface area contributed by atoms with Crippen molar-refractivity contribution in [3.8, 4) is 0 Å². The number of carbonyl (C=O) groups is 2. The molecule has 114 valence electrons. The van der Waals surface area contributed by atoms with Crippen LogP contribution in [0.2, 0.25) is 0 Å². The molecule has 2 N–H and O–H groups in total. The van der Waals surface area contributed by atoms with Crippen LogP contribution < -0.4 is 15.5 Å². The third-order valence-electron chi connectivity index (χ3n) is 3.57. The Morgan fingerprint density at radius 3 is 2.95 bits per heavy atom. The van der Waals surface area contributed by atoms with Crippen molar-refractivity contribution in [3.05, 3.63) is 30.1 Å². The molecule has 0 bridgehead atoms. The number of amides is 3. The fraction of sp³-hybridized carbons (Fsp3) is 0.467. The smallest absolute Gasteiger partial charge is 0.315 e. The Bertz CT molecular complexity index is 535. The summed E-state index contributed by atoms with van der Waals surface area (Å²) in [4.78, 5) is 25.2. The molecule has 2 rings (SSSR count). The van der Waals surface area contributed by atoms with Gasteiger partial charge in [0, 0.05) is 24.7 Å². The third kappa shape index (κ3) is 3.93. The average Bonchev–Trinajstić information content (AvgIpc) is 2.79. The predicted molar refractivity (Wildman–Crippen MR) is 78.6 cm³/mol. The molecule has 1 heterocycles. The molecule has 1 aliphatic heterocycles. The van der Waals surface area contributed by atoms with Crippen molar-refractivity contribution in [2.45, 2.75) is 38.8 Å². The van der Waals surface area contributed by atoms with Crippen LogP contribution in [0.15, 0.2) is 24.3 Å². The first kappa shape index (κ1) is 15.3. The van der Waals surface area contributed by atoms with Gasteiger partial charge in [0.25, 0.3) is 0 Å². The van der Waals surface area contributed by atoms with Crippen LogP contribution in [0.5, 0.6) is 0 Å². The van der Waals surface area contributed by atoms with Crippen LogP contribution in [-0.2, 0) is 4.79 Å². The molecule has 21 heavy (non-hydrogen) atoms. The molecule has 1 aliphatic rings. The summed E-state index contributed by atoms with van der Waals surface area (Å²) in [7, 11) is 0. The van der Waals surface area contributed by atoms with E-state index in [-0.39, 0.29) is 36.3 Å². The van der Waals surface area contributed by atoms with Gasteiger partial charge in [-0.1, -0.05) is 13.0 Å². The zero-order chi connectivity index (χ0) is 15.4. The average molecular weight is 293 g/mol. The van der Waals surface area contributed by atoms with E-state index in [4.69, 9.17) is 0 Å². The lowest BCUT2D eigenvalue weighted by atomic mass is 10.2. The second-order valence-corrected chi connectivity index (χ2v) is 5.31. The van der Waals surface area contributed by atoms with Gasteiger partial charge in [-0.2, -0.15) is 0 Å². The van der Waals surface area contributed by atoms with Gasteiger partial charge in [0.05, 0.1) is 6.04 Å². The summed E-state index contributed by atoms with van der Waals surface area (Å²) in [6.45, 7) is 4.25. The number of benzene rings is 1.